The fraction of sp³-hybridized carbons (Fsp3) is 0.533. The van der Waals surface area contributed by atoms with Gasteiger partial charge in [-0.1, -0.05) is 37.1 Å². The first-order valence-corrected chi connectivity index (χ1v) is 6.59. The van der Waals surface area contributed by atoms with Crippen molar-refractivity contribution in [2.75, 3.05) is 7.05 Å². The molecule has 2 atom stereocenters. The zero-order chi connectivity index (χ0) is 11.9. The van der Waals surface area contributed by atoms with E-state index in [-0.39, 0.29) is 5.54 Å². The van der Waals surface area contributed by atoms with Gasteiger partial charge >= 0.3 is 0 Å². The Morgan fingerprint density at radius 3 is 2.94 bits per heavy atom. The minimum absolute atomic E-state index is 0.0583. The third-order valence-electron chi connectivity index (χ3n) is 4.66. The van der Waals surface area contributed by atoms with Crippen LogP contribution in [-0.2, 0) is 5.54 Å². The van der Waals surface area contributed by atoms with Gasteiger partial charge in [-0.25, -0.2) is 0 Å². The van der Waals surface area contributed by atoms with Crippen molar-refractivity contribution in [3.05, 3.63) is 35.4 Å². The second kappa shape index (κ2) is 3.95. The first-order valence-electron chi connectivity index (χ1n) is 6.59. The van der Waals surface area contributed by atoms with Crippen LogP contribution < -0.4 is 5.32 Å². The Hall–Kier alpha value is -1.15. The summed E-state index contributed by atoms with van der Waals surface area (Å²) in [6.07, 6.45) is 5.60. The zero-order valence-corrected chi connectivity index (χ0v) is 10.3. The highest BCUT2D eigenvalue weighted by molar-refractivity contribution is 5.99. The van der Waals surface area contributed by atoms with Gasteiger partial charge in [-0.2, -0.15) is 0 Å². The van der Waals surface area contributed by atoms with E-state index >= 15 is 0 Å². The molecule has 2 aliphatic rings. The first kappa shape index (κ1) is 11.0. The Balaban J connectivity index is 2.17. The van der Waals surface area contributed by atoms with Crippen LogP contribution in [0.1, 0.15) is 48.0 Å². The summed E-state index contributed by atoms with van der Waals surface area (Å²) in [5.74, 6) is 0.821. The molecule has 1 aromatic carbocycles. The van der Waals surface area contributed by atoms with Crippen molar-refractivity contribution in [3.8, 4) is 0 Å². The van der Waals surface area contributed by atoms with E-state index in [9.17, 15) is 4.79 Å². The van der Waals surface area contributed by atoms with E-state index < -0.39 is 0 Å². The second-order valence-electron chi connectivity index (χ2n) is 5.34. The molecule has 0 radical (unpaired) electrons. The number of hydrogen-bond acceptors (Lipinski definition) is 2. The number of hydrogen-bond donors (Lipinski definition) is 1. The van der Waals surface area contributed by atoms with E-state index in [0.717, 1.165) is 12.0 Å². The van der Waals surface area contributed by atoms with Gasteiger partial charge in [0.25, 0.3) is 0 Å². The predicted octanol–water partition coefficient (Wildman–Crippen LogP) is 2.88. The van der Waals surface area contributed by atoms with Crippen LogP contribution in [0.3, 0.4) is 0 Å². The first-order chi connectivity index (χ1) is 8.28. The monoisotopic (exact) mass is 229 g/mol. The molecule has 2 heteroatoms. The van der Waals surface area contributed by atoms with Gasteiger partial charge in [-0.3, -0.25) is 4.79 Å². The van der Waals surface area contributed by atoms with Crippen molar-refractivity contribution < 1.29 is 4.79 Å². The standard InChI is InChI=1S/C15H19NO/c1-16-15-9-5-4-6-11(15)10-14(17)12-7-2-3-8-13(12)15/h2-3,7-8,11,16H,4-6,9-10H2,1H3/t11-,15+/m1/s1. The molecule has 17 heavy (non-hydrogen) atoms. The average molecular weight is 229 g/mol. The molecule has 0 heterocycles. The molecule has 1 N–H and O–H groups in total. The van der Waals surface area contributed by atoms with Gasteiger partial charge < -0.3 is 5.32 Å². The van der Waals surface area contributed by atoms with Crippen LogP contribution >= 0.6 is 0 Å². The van der Waals surface area contributed by atoms with Crippen LogP contribution in [0.4, 0.5) is 0 Å². The van der Waals surface area contributed by atoms with Gasteiger partial charge in [-0.15, -0.1) is 0 Å². The van der Waals surface area contributed by atoms with Crippen molar-refractivity contribution in [3.63, 3.8) is 0 Å². The lowest BCUT2D eigenvalue weighted by Gasteiger charge is -2.48. The van der Waals surface area contributed by atoms with Crippen LogP contribution in [-0.4, -0.2) is 12.8 Å². The van der Waals surface area contributed by atoms with Crippen molar-refractivity contribution in [1.82, 2.24) is 5.32 Å². The summed E-state index contributed by atoms with van der Waals surface area (Å²) >= 11 is 0. The predicted molar refractivity (Wildman–Crippen MR) is 68.1 cm³/mol. The van der Waals surface area contributed by atoms with Crippen LogP contribution in [0.15, 0.2) is 24.3 Å². The number of carbonyl (C=O) groups excluding carboxylic acids is 1. The van der Waals surface area contributed by atoms with Gasteiger partial charge in [-0.05, 0) is 31.4 Å². The maximum atomic E-state index is 12.2. The Bertz CT molecular complexity index is 454. The van der Waals surface area contributed by atoms with Crippen LogP contribution in [0.25, 0.3) is 0 Å². The highest BCUT2D eigenvalue weighted by Gasteiger charge is 2.46. The number of Topliss-reactive ketones (excluding diaryl/α,β-unsaturated/α-hetero) is 1. The third kappa shape index (κ3) is 1.47. The average Bonchev–Trinajstić information content (AvgIpc) is 2.39. The summed E-state index contributed by atoms with van der Waals surface area (Å²) in [5.41, 5.74) is 2.24. The second-order valence-corrected chi connectivity index (χ2v) is 5.34. The molecule has 0 bridgehead atoms. The smallest absolute Gasteiger partial charge is 0.163 e. The Labute approximate surface area is 102 Å². The summed E-state index contributed by atoms with van der Waals surface area (Å²) < 4.78 is 0. The van der Waals surface area contributed by atoms with Gasteiger partial charge in [0.2, 0.25) is 0 Å². The van der Waals surface area contributed by atoms with E-state index in [1.54, 1.807) is 0 Å². The molecular formula is C15H19NO. The topological polar surface area (TPSA) is 29.1 Å². The SMILES string of the molecule is CN[C@@]12CCCC[C@@H]1CC(=O)c1ccccc12. The highest BCUT2D eigenvalue weighted by atomic mass is 16.1. The molecule has 90 valence electrons. The van der Waals surface area contributed by atoms with E-state index in [0.29, 0.717) is 11.7 Å². The van der Waals surface area contributed by atoms with Crippen molar-refractivity contribution >= 4 is 5.78 Å². The van der Waals surface area contributed by atoms with E-state index in [1.807, 2.05) is 19.2 Å². The maximum Gasteiger partial charge on any atom is 0.163 e. The van der Waals surface area contributed by atoms with Crippen LogP contribution in [0.2, 0.25) is 0 Å². The zero-order valence-electron chi connectivity index (χ0n) is 10.3. The maximum absolute atomic E-state index is 12.2. The third-order valence-corrected chi connectivity index (χ3v) is 4.66. The number of carbonyl (C=O) groups is 1. The minimum Gasteiger partial charge on any atom is -0.310 e. The number of fused-ring (bicyclic) bond motifs is 3. The Kier molecular flexibility index (Phi) is 2.55. The van der Waals surface area contributed by atoms with Crippen molar-refractivity contribution in [1.29, 1.82) is 0 Å². The molecule has 0 aromatic heterocycles. The lowest BCUT2D eigenvalue weighted by molar-refractivity contribution is 0.0790. The summed E-state index contributed by atoms with van der Waals surface area (Å²) in [5, 5.41) is 3.54. The molecule has 1 saturated carbocycles. The van der Waals surface area contributed by atoms with E-state index in [4.69, 9.17) is 0 Å². The lowest BCUT2D eigenvalue weighted by atomic mass is 9.62. The fourth-order valence-corrected chi connectivity index (χ4v) is 3.79. The molecule has 1 fully saturated rings. The normalized spacial score (nSPS) is 31.8. The molecule has 1 aromatic rings. The van der Waals surface area contributed by atoms with Gasteiger partial charge in [0, 0.05) is 17.5 Å². The molecule has 2 aliphatic carbocycles. The number of rotatable bonds is 1. The summed E-state index contributed by atoms with van der Waals surface area (Å²) in [4.78, 5) is 12.2. The van der Waals surface area contributed by atoms with Crippen LogP contribution in [0.5, 0.6) is 0 Å². The van der Waals surface area contributed by atoms with Gasteiger partial charge in [0.1, 0.15) is 0 Å². The number of benzene rings is 1. The van der Waals surface area contributed by atoms with Crippen LogP contribution in [0, 0.1) is 5.92 Å². The molecular weight excluding hydrogens is 210 g/mol. The molecule has 2 nitrogen and oxygen atoms in total. The molecule has 0 spiro atoms. The largest absolute Gasteiger partial charge is 0.310 e. The van der Waals surface area contributed by atoms with Gasteiger partial charge in [0.05, 0.1) is 0 Å². The quantitative estimate of drug-likeness (QED) is 0.802. The molecule has 0 unspecified atom stereocenters. The minimum atomic E-state index is 0.0583. The van der Waals surface area contributed by atoms with Gasteiger partial charge in [0.15, 0.2) is 5.78 Å². The molecule has 0 amide bonds. The molecule has 0 aliphatic heterocycles. The van der Waals surface area contributed by atoms with Crippen molar-refractivity contribution in [2.24, 2.45) is 5.92 Å². The number of nitrogens with one attached hydrogen (secondary N) is 1. The van der Waals surface area contributed by atoms with Crippen molar-refractivity contribution in [2.45, 2.75) is 37.6 Å². The van der Waals surface area contributed by atoms with E-state index in [2.05, 4.69) is 17.4 Å². The lowest BCUT2D eigenvalue weighted by Crippen LogP contribution is -2.52. The van der Waals surface area contributed by atoms with E-state index in [1.165, 1.54) is 31.2 Å². The highest BCUT2D eigenvalue weighted by Crippen LogP contribution is 2.47. The summed E-state index contributed by atoms with van der Waals surface area (Å²) in [7, 11) is 2.05. The Morgan fingerprint density at radius 1 is 1.29 bits per heavy atom. The molecule has 0 saturated heterocycles. The summed E-state index contributed by atoms with van der Waals surface area (Å²) in [6, 6.07) is 8.16. The molecule has 3 rings (SSSR count). The fourth-order valence-electron chi connectivity index (χ4n) is 3.79. The Morgan fingerprint density at radius 2 is 2.12 bits per heavy atom. The summed E-state index contributed by atoms with van der Waals surface area (Å²) in [6.45, 7) is 0. The number of ketones is 1.